The Morgan fingerprint density at radius 1 is 1.47 bits per heavy atom. The number of anilines is 1. The van der Waals surface area contributed by atoms with E-state index in [2.05, 4.69) is 22.2 Å². The van der Waals surface area contributed by atoms with E-state index in [-0.39, 0.29) is 16.7 Å². The minimum Gasteiger partial charge on any atom is -0.362 e. The third-order valence-corrected chi connectivity index (χ3v) is 3.60. The molecule has 0 saturated carbocycles. The molecular formula is C13H20N4O2. The van der Waals surface area contributed by atoms with Gasteiger partial charge in [-0.25, -0.2) is 4.98 Å². The van der Waals surface area contributed by atoms with Crippen molar-refractivity contribution in [3.05, 3.63) is 27.9 Å². The molecule has 1 aliphatic heterocycles. The van der Waals surface area contributed by atoms with Crippen LogP contribution < -0.4 is 5.32 Å². The Morgan fingerprint density at radius 3 is 3.00 bits per heavy atom. The van der Waals surface area contributed by atoms with Gasteiger partial charge in [0.25, 0.3) is 0 Å². The first-order valence-electron chi connectivity index (χ1n) is 6.63. The Morgan fingerprint density at radius 2 is 2.26 bits per heavy atom. The summed E-state index contributed by atoms with van der Waals surface area (Å²) >= 11 is 0. The lowest BCUT2D eigenvalue weighted by Crippen LogP contribution is -2.23. The van der Waals surface area contributed by atoms with Crippen molar-refractivity contribution < 1.29 is 4.92 Å². The molecule has 1 N–H and O–H groups in total. The minimum absolute atomic E-state index is 0.0973. The number of nitrogens with one attached hydrogen (secondary N) is 1. The van der Waals surface area contributed by atoms with E-state index in [0.717, 1.165) is 32.4 Å². The average molecular weight is 264 g/mol. The van der Waals surface area contributed by atoms with Crippen LogP contribution in [0.4, 0.5) is 11.5 Å². The summed E-state index contributed by atoms with van der Waals surface area (Å²) in [6.45, 7) is 3.84. The summed E-state index contributed by atoms with van der Waals surface area (Å²) in [7, 11) is 2.11. The van der Waals surface area contributed by atoms with E-state index in [1.807, 2.05) is 0 Å². The highest BCUT2D eigenvalue weighted by molar-refractivity contribution is 5.60. The summed E-state index contributed by atoms with van der Waals surface area (Å²) < 4.78 is 0. The van der Waals surface area contributed by atoms with Crippen molar-refractivity contribution >= 4 is 11.5 Å². The third-order valence-electron chi connectivity index (χ3n) is 3.60. The van der Waals surface area contributed by atoms with Gasteiger partial charge >= 0.3 is 5.69 Å². The first-order chi connectivity index (χ1) is 9.08. The van der Waals surface area contributed by atoms with Crippen LogP contribution in [-0.2, 0) is 0 Å². The number of nitro groups is 1. The lowest BCUT2D eigenvalue weighted by atomic mass is 10.1. The molecule has 6 heteroatoms. The van der Waals surface area contributed by atoms with Gasteiger partial charge < -0.3 is 10.2 Å². The molecule has 2 heterocycles. The maximum Gasteiger partial charge on any atom is 0.314 e. The van der Waals surface area contributed by atoms with Crippen LogP contribution >= 0.6 is 0 Å². The van der Waals surface area contributed by atoms with Gasteiger partial charge in [0.05, 0.1) is 4.92 Å². The van der Waals surface area contributed by atoms with Crippen LogP contribution in [0.15, 0.2) is 12.3 Å². The van der Waals surface area contributed by atoms with Crippen LogP contribution in [0.1, 0.15) is 24.8 Å². The fourth-order valence-electron chi connectivity index (χ4n) is 2.46. The smallest absolute Gasteiger partial charge is 0.314 e. The zero-order valence-electron chi connectivity index (χ0n) is 11.4. The summed E-state index contributed by atoms with van der Waals surface area (Å²) in [6, 6.07) is 1.93. The first-order valence-corrected chi connectivity index (χ1v) is 6.63. The molecule has 1 saturated heterocycles. The fourth-order valence-corrected chi connectivity index (χ4v) is 2.46. The van der Waals surface area contributed by atoms with Crippen LogP contribution in [0, 0.1) is 17.0 Å². The van der Waals surface area contributed by atoms with Gasteiger partial charge in [0.15, 0.2) is 0 Å². The van der Waals surface area contributed by atoms with Crippen molar-refractivity contribution in [2.75, 3.05) is 25.5 Å². The molecule has 104 valence electrons. The summed E-state index contributed by atoms with van der Waals surface area (Å²) in [6.07, 6.45) is 4.74. The zero-order chi connectivity index (χ0) is 13.8. The molecule has 0 radical (unpaired) electrons. The lowest BCUT2D eigenvalue weighted by Gasteiger charge is -2.17. The Labute approximate surface area is 113 Å². The van der Waals surface area contributed by atoms with Crippen LogP contribution in [0.5, 0.6) is 0 Å². The topological polar surface area (TPSA) is 71.3 Å². The van der Waals surface area contributed by atoms with Crippen molar-refractivity contribution in [2.45, 2.75) is 32.2 Å². The van der Waals surface area contributed by atoms with Gasteiger partial charge in [-0.2, -0.15) is 0 Å². The predicted molar refractivity (Wildman–Crippen MR) is 74.4 cm³/mol. The average Bonchev–Trinajstić information content (AvgIpc) is 2.54. The Hall–Kier alpha value is -1.69. The van der Waals surface area contributed by atoms with Crippen LogP contribution in [0.3, 0.4) is 0 Å². The molecule has 1 aliphatic rings. The van der Waals surface area contributed by atoms with Gasteiger partial charge in [-0.3, -0.25) is 10.1 Å². The number of likely N-dealkylation sites (tertiary alicyclic amines) is 1. The Balaban J connectivity index is 2.14. The van der Waals surface area contributed by atoms with Gasteiger partial charge in [0.1, 0.15) is 0 Å². The van der Waals surface area contributed by atoms with E-state index in [4.69, 9.17) is 0 Å². The van der Waals surface area contributed by atoms with E-state index < -0.39 is 0 Å². The molecule has 0 aliphatic carbocycles. The number of aryl methyl sites for hydroxylation is 1. The molecule has 0 bridgehead atoms. The number of nitrogens with zero attached hydrogens (tertiary/aromatic N) is 3. The Kier molecular flexibility index (Phi) is 4.31. The second-order valence-corrected chi connectivity index (χ2v) is 5.16. The second kappa shape index (κ2) is 5.97. The summed E-state index contributed by atoms with van der Waals surface area (Å²) in [4.78, 5) is 17.2. The molecule has 1 aromatic rings. The largest absolute Gasteiger partial charge is 0.362 e. The van der Waals surface area contributed by atoms with Gasteiger partial charge in [-0.15, -0.1) is 0 Å². The first kappa shape index (κ1) is 13.7. The summed E-state index contributed by atoms with van der Waals surface area (Å²) in [5, 5.41) is 14.4. The fraction of sp³-hybridized carbons (Fsp3) is 0.615. The summed E-state index contributed by atoms with van der Waals surface area (Å²) in [5.74, 6) is 0.402. The predicted octanol–water partition coefficient (Wildman–Crippen LogP) is 2.19. The third kappa shape index (κ3) is 3.41. The molecule has 1 unspecified atom stereocenters. The van der Waals surface area contributed by atoms with Crippen LogP contribution in [0.2, 0.25) is 0 Å². The summed E-state index contributed by atoms with van der Waals surface area (Å²) in [5.41, 5.74) is 0.744. The highest BCUT2D eigenvalue weighted by atomic mass is 16.6. The van der Waals surface area contributed by atoms with E-state index in [1.54, 1.807) is 19.2 Å². The van der Waals surface area contributed by atoms with Gasteiger partial charge in [-0.1, -0.05) is 0 Å². The normalized spacial score (nSPS) is 20.8. The van der Waals surface area contributed by atoms with Crippen molar-refractivity contribution in [1.82, 2.24) is 9.88 Å². The van der Waals surface area contributed by atoms with Gasteiger partial charge in [0, 0.05) is 17.8 Å². The molecule has 1 atom stereocenters. The monoisotopic (exact) mass is 264 g/mol. The highest BCUT2D eigenvalue weighted by Crippen LogP contribution is 2.27. The van der Waals surface area contributed by atoms with Crippen LogP contribution in [-0.4, -0.2) is 41.0 Å². The van der Waals surface area contributed by atoms with E-state index in [1.165, 1.54) is 0 Å². The van der Waals surface area contributed by atoms with Crippen molar-refractivity contribution in [1.29, 1.82) is 0 Å². The molecule has 1 fully saturated rings. The van der Waals surface area contributed by atoms with Crippen LogP contribution in [0.25, 0.3) is 0 Å². The molecule has 0 amide bonds. The molecular weight excluding hydrogens is 244 g/mol. The van der Waals surface area contributed by atoms with Crippen molar-refractivity contribution in [3.63, 3.8) is 0 Å². The number of pyridine rings is 1. The number of aromatic nitrogens is 1. The SMILES string of the molecule is Cc1ccnc(NC2CCCN(C)CC2)c1[N+](=O)[O-]. The maximum absolute atomic E-state index is 11.1. The molecule has 0 spiro atoms. The van der Waals surface area contributed by atoms with E-state index >= 15 is 0 Å². The molecule has 0 aromatic carbocycles. The molecule has 19 heavy (non-hydrogen) atoms. The maximum atomic E-state index is 11.1. The van der Waals surface area contributed by atoms with Crippen molar-refractivity contribution in [3.8, 4) is 0 Å². The molecule has 2 rings (SSSR count). The van der Waals surface area contributed by atoms with E-state index in [9.17, 15) is 10.1 Å². The highest BCUT2D eigenvalue weighted by Gasteiger charge is 2.22. The van der Waals surface area contributed by atoms with E-state index in [0.29, 0.717) is 11.4 Å². The van der Waals surface area contributed by atoms with Gasteiger partial charge in [0.2, 0.25) is 5.82 Å². The lowest BCUT2D eigenvalue weighted by molar-refractivity contribution is -0.384. The number of hydrogen-bond acceptors (Lipinski definition) is 5. The molecule has 6 nitrogen and oxygen atoms in total. The zero-order valence-corrected chi connectivity index (χ0v) is 11.4. The second-order valence-electron chi connectivity index (χ2n) is 5.16. The Bertz CT molecular complexity index is 464. The standard InChI is InChI=1S/C13H20N4O2/c1-10-5-7-14-13(12(10)17(18)19)15-11-4-3-8-16(2)9-6-11/h5,7,11H,3-4,6,8-9H2,1-2H3,(H,14,15). The number of hydrogen-bond donors (Lipinski definition) is 1. The number of rotatable bonds is 3. The van der Waals surface area contributed by atoms with Crippen molar-refractivity contribution in [2.24, 2.45) is 0 Å². The molecule has 1 aromatic heterocycles. The quantitative estimate of drug-likeness (QED) is 0.669. The van der Waals surface area contributed by atoms with Gasteiger partial charge in [-0.05, 0) is 52.4 Å². The minimum atomic E-state index is -0.354.